The van der Waals surface area contributed by atoms with Gasteiger partial charge in [-0.1, -0.05) is 13.8 Å². The molecule has 0 aromatic heterocycles. The van der Waals surface area contributed by atoms with E-state index in [0.29, 0.717) is 6.04 Å². The van der Waals surface area contributed by atoms with Crippen LogP contribution in [-0.2, 0) is 0 Å². The van der Waals surface area contributed by atoms with E-state index >= 15 is 0 Å². The molecule has 0 aromatic rings. The smallest absolute Gasteiger partial charge is 0.0246 e. The zero-order valence-electron chi connectivity index (χ0n) is 8.80. The first kappa shape index (κ1) is 10.0. The normalized spacial score (nSPS) is 27.0. The summed E-state index contributed by atoms with van der Waals surface area (Å²) in [6.07, 6.45) is 0. The van der Waals surface area contributed by atoms with Crippen LogP contribution in [-0.4, -0.2) is 36.6 Å². The molecule has 0 saturated carbocycles. The van der Waals surface area contributed by atoms with E-state index in [1.165, 1.54) is 6.54 Å². The van der Waals surface area contributed by atoms with Crippen molar-refractivity contribution >= 4 is 0 Å². The zero-order chi connectivity index (χ0) is 9.14. The van der Waals surface area contributed by atoms with Gasteiger partial charge in [0.2, 0.25) is 0 Å². The van der Waals surface area contributed by atoms with Gasteiger partial charge in [-0.3, -0.25) is 4.90 Å². The lowest BCUT2D eigenvalue weighted by Gasteiger charge is -2.41. The monoisotopic (exact) mass is 170 g/mol. The minimum atomic E-state index is 0.694. The SMILES string of the molecule is CC(C)[C@@H]1CNCCN1C(C)C. The minimum Gasteiger partial charge on any atom is -0.314 e. The molecular weight excluding hydrogens is 148 g/mol. The summed E-state index contributed by atoms with van der Waals surface area (Å²) < 4.78 is 0. The minimum absolute atomic E-state index is 0.694. The molecule has 1 N–H and O–H groups in total. The summed E-state index contributed by atoms with van der Waals surface area (Å²) in [7, 11) is 0. The van der Waals surface area contributed by atoms with Crippen molar-refractivity contribution in [3.05, 3.63) is 0 Å². The van der Waals surface area contributed by atoms with Crippen LogP contribution in [0.4, 0.5) is 0 Å². The second-order valence-corrected chi connectivity index (χ2v) is 4.35. The van der Waals surface area contributed by atoms with Crippen LogP contribution in [0.25, 0.3) is 0 Å². The number of nitrogens with one attached hydrogen (secondary N) is 1. The summed E-state index contributed by atoms with van der Waals surface area (Å²) in [5.41, 5.74) is 0. The van der Waals surface area contributed by atoms with Crippen molar-refractivity contribution in [2.24, 2.45) is 5.92 Å². The third-order valence-corrected chi connectivity index (χ3v) is 2.76. The summed E-state index contributed by atoms with van der Waals surface area (Å²) in [6, 6.07) is 1.43. The van der Waals surface area contributed by atoms with Crippen molar-refractivity contribution in [2.75, 3.05) is 19.6 Å². The lowest BCUT2D eigenvalue weighted by Crippen LogP contribution is -2.55. The van der Waals surface area contributed by atoms with Crippen molar-refractivity contribution in [1.82, 2.24) is 10.2 Å². The van der Waals surface area contributed by atoms with Crippen molar-refractivity contribution in [1.29, 1.82) is 0 Å². The highest BCUT2D eigenvalue weighted by atomic mass is 15.2. The van der Waals surface area contributed by atoms with E-state index in [2.05, 4.69) is 37.9 Å². The third-order valence-electron chi connectivity index (χ3n) is 2.76. The predicted molar refractivity (Wildman–Crippen MR) is 53.3 cm³/mol. The second kappa shape index (κ2) is 4.24. The van der Waals surface area contributed by atoms with E-state index in [-0.39, 0.29) is 0 Å². The first-order chi connectivity index (χ1) is 5.63. The molecule has 0 aromatic carbocycles. The Morgan fingerprint density at radius 3 is 2.33 bits per heavy atom. The van der Waals surface area contributed by atoms with Gasteiger partial charge >= 0.3 is 0 Å². The molecule has 2 nitrogen and oxygen atoms in total. The summed E-state index contributed by atoms with van der Waals surface area (Å²) in [5.74, 6) is 0.764. The number of nitrogens with zero attached hydrogens (tertiary/aromatic N) is 1. The van der Waals surface area contributed by atoms with Gasteiger partial charge in [0.1, 0.15) is 0 Å². The fourth-order valence-electron chi connectivity index (χ4n) is 2.00. The molecule has 1 atom stereocenters. The first-order valence-corrected chi connectivity index (χ1v) is 5.09. The molecule has 1 rings (SSSR count). The molecular formula is C10H22N2. The average Bonchev–Trinajstić information content (AvgIpc) is 2.04. The zero-order valence-corrected chi connectivity index (χ0v) is 8.80. The Morgan fingerprint density at radius 2 is 1.92 bits per heavy atom. The lowest BCUT2D eigenvalue weighted by molar-refractivity contribution is 0.0923. The first-order valence-electron chi connectivity index (χ1n) is 5.09. The maximum Gasteiger partial charge on any atom is 0.0246 e. The van der Waals surface area contributed by atoms with Crippen LogP contribution in [0.15, 0.2) is 0 Å². The molecule has 1 fully saturated rings. The van der Waals surface area contributed by atoms with E-state index in [1.807, 2.05) is 0 Å². The average molecular weight is 170 g/mol. The molecule has 0 amide bonds. The van der Waals surface area contributed by atoms with Gasteiger partial charge in [-0.15, -0.1) is 0 Å². The number of hydrogen-bond donors (Lipinski definition) is 1. The molecule has 0 radical (unpaired) electrons. The molecule has 1 aliphatic rings. The highest BCUT2D eigenvalue weighted by Gasteiger charge is 2.26. The largest absolute Gasteiger partial charge is 0.314 e. The second-order valence-electron chi connectivity index (χ2n) is 4.35. The maximum absolute atomic E-state index is 3.46. The fraction of sp³-hybridized carbons (Fsp3) is 1.00. The van der Waals surface area contributed by atoms with Crippen LogP contribution >= 0.6 is 0 Å². The van der Waals surface area contributed by atoms with Crippen LogP contribution < -0.4 is 5.32 Å². The highest BCUT2D eigenvalue weighted by Crippen LogP contribution is 2.15. The highest BCUT2D eigenvalue weighted by molar-refractivity contribution is 4.83. The molecule has 2 heteroatoms. The maximum atomic E-state index is 3.46. The Morgan fingerprint density at radius 1 is 1.25 bits per heavy atom. The molecule has 1 heterocycles. The van der Waals surface area contributed by atoms with Crippen molar-refractivity contribution in [3.63, 3.8) is 0 Å². The molecule has 0 bridgehead atoms. The van der Waals surface area contributed by atoms with E-state index < -0.39 is 0 Å². The predicted octanol–water partition coefficient (Wildman–Crippen LogP) is 1.32. The van der Waals surface area contributed by atoms with Gasteiger partial charge in [0.05, 0.1) is 0 Å². The van der Waals surface area contributed by atoms with Crippen LogP contribution in [0, 0.1) is 5.92 Å². The topological polar surface area (TPSA) is 15.3 Å². The van der Waals surface area contributed by atoms with Gasteiger partial charge in [-0.25, -0.2) is 0 Å². The molecule has 72 valence electrons. The Kier molecular flexibility index (Phi) is 3.53. The lowest BCUT2D eigenvalue weighted by atomic mass is 9.99. The molecule has 1 aliphatic heterocycles. The fourth-order valence-corrected chi connectivity index (χ4v) is 2.00. The molecule has 12 heavy (non-hydrogen) atoms. The van der Waals surface area contributed by atoms with Gasteiger partial charge in [-0.2, -0.15) is 0 Å². The Bertz CT molecular complexity index is 116. The number of piperazine rings is 1. The summed E-state index contributed by atoms with van der Waals surface area (Å²) in [6.45, 7) is 12.7. The van der Waals surface area contributed by atoms with Crippen molar-refractivity contribution in [3.8, 4) is 0 Å². The van der Waals surface area contributed by atoms with E-state index in [1.54, 1.807) is 0 Å². The van der Waals surface area contributed by atoms with Gasteiger partial charge in [-0.05, 0) is 19.8 Å². The standard InChI is InChI=1S/C10H22N2/c1-8(2)10-7-11-5-6-12(10)9(3)4/h8-11H,5-7H2,1-4H3/t10-/m0/s1. The van der Waals surface area contributed by atoms with E-state index in [4.69, 9.17) is 0 Å². The van der Waals surface area contributed by atoms with Gasteiger partial charge in [0.25, 0.3) is 0 Å². The number of rotatable bonds is 2. The molecule has 0 aliphatic carbocycles. The summed E-state index contributed by atoms with van der Waals surface area (Å²) >= 11 is 0. The van der Waals surface area contributed by atoms with Crippen LogP contribution in [0.1, 0.15) is 27.7 Å². The molecule has 1 saturated heterocycles. The van der Waals surface area contributed by atoms with Gasteiger partial charge < -0.3 is 5.32 Å². The van der Waals surface area contributed by atoms with Crippen molar-refractivity contribution < 1.29 is 0 Å². The molecule has 0 unspecified atom stereocenters. The van der Waals surface area contributed by atoms with E-state index in [9.17, 15) is 0 Å². The summed E-state index contributed by atoms with van der Waals surface area (Å²) in [4.78, 5) is 2.61. The Balaban J connectivity index is 2.54. The van der Waals surface area contributed by atoms with Crippen molar-refractivity contribution in [2.45, 2.75) is 39.8 Å². The van der Waals surface area contributed by atoms with Crippen LogP contribution in [0.2, 0.25) is 0 Å². The van der Waals surface area contributed by atoms with Gasteiger partial charge in [0.15, 0.2) is 0 Å². The van der Waals surface area contributed by atoms with Crippen LogP contribution in [0.3, 0.4) is 0 Å². The quantitative estimate of drug-likeness (QED) is 0.672. The van der Waals surface area contributed by atoms with Gasteiger partial charge in [0, 0.05) is 31.7 Å². The summed E-state index contributed by atoms with van der Waals surface area (Å²) in [5, 5.41) is 3.46. The van der Waals surface area contributed by atoms with Crippen LogP contribution in [0.5, 0.6) is 0 Å². The third kappa shape index (κ3) is 2.20. The number of hydrogen-bond acceptors (Lipinski definition) is 2. The Hall–Kier alpha value is -0.0800. The van der Waals surface area contributed by atoms with E-state index in [0.717, 1.165) is 25.0 Å². The molecule has 0 spiro atoms. The Labute approximate surface area is 76.3 Å².